The van der Waals surface area contributed by atoms with Gasteiger partial charge in [0.2, 0.25) is 0 Å². The van der Waals surface area contributed by atoms with Crippen molar-refractivity contribution in [1.29, 1.82) is 0 Å². The predicted molar refractivity (Wildman–Crippen MR) is 154 cm³/mol. The quantitative estimate of drug-likeness (QED) is 0.256. The van der Waals surface area contributed by atoms with Crippen LogP contribution in [0, 0.1) is 28.7 Å². The van der Waals surface area contributed by atoms with Gasteiger partial charge in [0.1, 0.15) is 0 Å². The van der Waals surface area contributed by atoms with Crippen LogP contribution >= 0.6 is 0 Å². The summed E-state index contributed by atoms with van der Waals surface area (Å²) in [7, 11) is 0. The maximum atomic E-state index is 10.7. The Morgan fingerprint density at radius 1 is 0.895 bits per heavy atom. The van der Waals surface area contributed by atoms with Gasteiger partial charge in [0.25, 0.3) is 0 Å². The predicted octanol–water partition coefficient (Wildman–Crippen LogP) is 8.18. The number of nitrogens with zero attached hydrogens (tertiary/aromatic N) is 1. The number of hydrogen-bond donors (Lipinski definition) is 2. The minimum atomic E-state index is -0.299. The zero-order chi connectivity index (χ0) is 26.8. The third-order valence-electron chi connectivity index (χ3n) is 10.1. The first kappa shape index (κ1) is 31.0. The van der Waals surface area contributed by atoms with Crippen molar-refractivity contribution in [3.63, 3.8) is 0 Å². The third kappa shape index (κ3) is 5.52. The maximum absolute atomic E-state index is 10.7. The SMILES string of the molecule is CC(C)c1cccc2cnc(-c3[c-]cccc3)cc12.CCC1(CC)CC2CC(CC)(CC)C(O)C2C1O.[Ir]. The Balaban J connectivity index is 0.000000206. The summed E-state index contributed by atoms with van der Waals surface area (Å²) in [6.07, 6.45) is 7.74. The van der Waals surface area contributed by atoms with E-state index in [9.17, 15) is 10.2 Å². The van der Waals surface area contributed by atoms with Crippen LogP contribution in [-0.4, -0.2) is 27.4 Å². The number of pyridine rings is 1. The van der Waals surface area contributed by atoms with E-state index in [0.29, 0.717) is 11.8 Å². The molecule has 2 aliphatic rings. The summed E-state index contributed by atoms with van der Waals surface area (Å²) >= 11 is 0. The van der Waals surface area contributed by atoms with Crippen molar-refractivity contribution in [2.75, 3.05) is 0 Å². The van der Waals surface area contributed by atoms with Crippen LogP contribution in [0.2, 0.25) is 0 Å². The molecule has 1 aromatic heterocycles. The summed E-state index contributed by atoms with van der Waals surface area (Å²) in [5, 5.41) is 24.0. The first-order valence-corrected chi connectivity index (χ1v) is 14.5. The number of rotatable bonds is 6. The number of benzene rings is 2. The van der Waals surface area contributed by atoms with Crippen molar-refractivity contribution >= 4 is 10.8 Å². The molecule has 1 radical (unpaired) electrons. The molecule has 2 aromatic carbocycles. The first-order chi connectivity index (χ1) is 17.8. The zero-order valence-electron chi connectivity index (χ0n) is 24.0. The molecule has 2 N–H and O–H groups in total. The Labute approximate surface area is 243 Å². The van der Waals surface area contributed by atoms with E-state index in [-0.39, 0.29) is 49.1 Å². The molecule has 0 amide bonds. The Kier molecular flexibility index (Phi) is 10.4. The van der Waals surface area contributed by atoms with Crippen LogP contribution in [0.15, 0.2) is 54.7 Å². The molecule has 1 heterocycles. The van der Waals surface area contributed by atoms with Gasteiger partial charge in [0, 0.05) is 32.2 Å². The minimum absolute atomic E-state index is 0. The Morgan fingerprint density at radius 3 is 1.97 bits per heavy atom. The maximum Gasteiger partial charge on any atom is 0.0651 e. The molecule has 4 heteroatoms. The molecule has 2 aliphatic carbocycles. The summed E-state index contributed by atoms with van der Waals surface area (Å²) in [6.45, 7) is 13.2. The van der Waals surface area contributed by atoms with E-state index >= 15 is 0 Å². The average Bonchev–Trinajstić information content (AvgIpc) is 3.38. The van der Waals surface area contributed by atoms with E-state index in [1.807, 2.05) is 30.5 Å². The summed E-state index contributed by atoms with van der Waals surface area (Å²) in [6, 6.07) is 19.8. The number of aliphatic hydroxyl groups is 2. The molecule has 0 spiro atoms. The molecule has 5 rings (SSSR count). The van der Waals surface area contributed by atoms with Gasteiger partial charge in [-0.15, -0.1) is 35.9 Å². The van der Waals surface area contributed by atoms with E-state index < -0.39 is 0 Å². The smallest absolute Gasteiger partial charge is 0.0651 e. The van der Waals surface area contributed by atoms with E-state index in [1.165, 1.54) is 16.3 Å². The molecule has 0 saturated heterocycles. The van der Waals surface area contributed by atoms with Gasteiger partial charge >= 0.3 is 0 Å². The second-order valence-corrected chi connectivity index (χ2v) is 11.8. The van der Waals surface area contributed by atoms with Gasteiger partial charge in [-0.1, -0.05) is 65.8 Å². The van der Waals surface area contributed by atoms with Crippen LogP contribution in [0.3, 0.4) is 0 Å². The van der Waals surface area contributed by atoms with Crippen LogP contribution in [0.25, 0.3) is 22.0 Å². The Hall–Kier alpha value is -1.58. The van der Waals surface area contributed by atoms with Crippen molar-refractivity contribution in [2.45, 2.75) is 98.2 Å². The molecule has 2 fully saturated rings. The topological polar surface area (TPSA) is 53.4 Å². The molecule has 0 aliphatic heterocycles. The van der Waals surface area contributed by atoms with E-state index in [1.54, 1.807) is 0 Å². The van der Waals surface area contributed by atoms with Gasteiger partial charge in [0.05, 0.1) is 12.2 Å². The fraction of sp³-hybridized carbons (Fsp3) is 0.559. The first-order valence-electron chi connectivity index (χ1n) is 14.5. The van der Waals surface area contributed by atoms with Crippen molar-refractivity contribution < 1.29 is 30.3 Å². The minimum Gasteiger partial charge on any atom is -0.392 e. The molecule has 3 aromatic rings. The molecular weight excluding hydrogens is 647 g/mol. The summed E-state index contributed by atoms with van der Waals surface area (Å²) in [4.78, 5) is 4.55. The standard InChI is InChI=1S/C18H16N.C16H30O2.Ir/c1-13(2)16-10-6-9-15-12-19-18(11-17(15)16)14-7-4-3-5-8-14;1-5-15(6-2)9-11-10-16(7-3,8-4)14(18)12(11)13(15)17;/h3-7,9-13H,1-2H3;11-14,17-18H,5-10H2,1-4H3;/q-1;;. The molecule has 0 bridgehead atoms. The second kappa shape index (κ2) is 12.7. The fourth-order valence-corrected chi connectivity index (χ4v) is 7.45. The average molecular weight is 693 g/mol. The normalized spacial score (nSPS) is 25.0. The van der Waals surface area contributed by atoms with Crippen LogP contribution in [0.4, 0.5) is 0 Å². The third-order valence-corrected chi connectivity index (χ3v) is 10.1. The van der Waals surface area contributed by atoms with Crippen LogP contribution < -0.4 is 0 Å². The number of fused-ring (bicyclic) bond motifs is 2. The largest absolute Gasteiger partial charge is 0.392 e. The van der Waals surface area contributed by atoms with Crippen molar-refractivity contribution in [3.8, 4) is 11.3 Å². The zero-order valence-corrected chi connectivity index (χ0v) is 26.4. The van der Waals surface area contributed by atoms with Crippen LogP contribution in [0.1, 0.15) is 91.5 Å². The van der Waals surface area contributed by atoms with Gasteiger partial charge in [-0.05, 0) is 83.2 Å². The van der Waals surface area contributed by atoms with E-state index in [0.717, 1.165) is 49.8 Å². The van der Waals surface area contributed by atoms with Gasteiger partial charge in [-0.2, -0.15) is 0 Å². The van der Waals surface area contributed by atoms with Gasteiger partial charge in [-0.25, -0.2) is 0 Å². The Bertz CT molecular complexity index is 1140. The van der Waals surface area contributed by atoms with Crippen molar-refractivity contribution in [2.24, 2.45) is 22.7 Å². The fourth-order valence-electron chi connectivity index (χ4n) is 7.45. The second-order valence-electron chi connectivity index (χ2n) is 11.8. The molecule has 2 saturated carbocycles. The van der Waals surface area contributed by atoms with Gasteiger partial charge < -0.3 is 15.2 Å². The molecule has 209 valence electrons. The molecule has 38 heavy (non-hydrogen) atoms. The summed E-state index contributed by atoms with van der Waals surface area (Å²) in [5.74, 6) is 1.18. The van der Waals surface area contributed by atoms with Crippen molar-refractivity contribution in [3.05, 3.63) is 66.4 Å². The number of aliphatic hydroxyl groups excluding tert-OH is 2. The van der Waals surface area contributed by atoms with Crippen LogP contribution in [-0.2, 0) is 20.1 Å². The Morgan fingerprint density at radius 2 is 1.50 bits per heavy atom. The van der Waals surface area contributed by atoms with Gasteiger partial charge in [-0.3, -0.25) is 0 Å². The van der Waals surface area contributed by atoms with Crippen LogP contribution in [0.5, 0.6) is 0 Å². The molecule has 2 atom stereocenters. The molecular formula is C34H46IrNO2-. The van der Waals surface area contributed by atoms with Gasteiger partial charge in [0.15, 0.2) is 0 Å². The molecule has 3 nitrogen and oxygen atoms in total. The summed E-state index contributed by atoms with van der Waals surface area (Å²) < 4.78 is 0. The molecule has 2 unspecified atom stereocenters. The monoisotopic (exact) mass is 693 g/mol. The van der Waals surface area contributed by atoms with Crippen molar-refractivity contribution in [1.82, 2.24) is 4.98 Å². The van der Waals surface area contributed by atoms with E-state index in [2.05, 4.69) is 76.9 Å². The van der Waals surface area contributed by atoms with E-state index in [4.69, 9.17) is 0 Å². The summed E-state index contributed by atoms with van der Waals surface area (Å²) in [5.41, 5.74) is 3.55. The number of aromatic nitrogens is 1. The number of hydrogen-bond acceptors (Lipinski definition) is 3.